The van der Waals surface area contributed by atoms with E-state index in [0.717, 1.165) is 25.6 Å². The van der Waals surface area contributed by atoms with Crippen LogP contribution in [0.2, 0.25) is 0 Å². The van der Waals surface area contributed by atoms with Crippen LogP contribution < -0.4 is 5.32 Å². The van der Waals surface area contributed by atoms with E-state index in [1.165, 1.54) is 25.1 Å². The Balaban J connectivity index is 1.75. The van der Waals surface area contributed by atoms with Crippen LogP contribution in [0, 0.1) is 0 Å². The van der Waals surface area contributed by atoms with Crippen molar-refractivity contribution < 1.29 is 0 Å². The summed E-state index contributed by atoms with van der Waals surface area (Å²) in [5, 5.41) is 5.73. The maximum Gasteiger partial charge on any atom is 0.0794 e. The summed E-state index contributed by atoms with van der Waals surface area (Å²) in [5.41, 5.74) is 3.17. The van der Waals surface area contributed by atoms with Crippen molar-refractivity contribution >= 4 is 11.3 Å². The van der Waals surface area contributed by atoms with Crippen LogP contribution in [0.1, 0.15) is 32.4 Å². The molecule has 2 unspecified atom stereocenters. The molecule has 1 aromatic heterocycles. The van der Waals surface area contributed by atoms with Gasteiger partial charge in [0.1, 0.15) is 0 Å². The normalized spacial score (nSPS) is 26.2. The molecule has 1 aliphatic rings. The Kier molecular flexibility index (Phi) is 4.95. The van der Waals surface area contributed by atoms with Gasteiger partial charge in [-0.05, 0) is 32.9 Å². The van der Waals surface area contributed by atoms with Crippen molar-refractivity contribution in [2.45, 2.75) is 45.2 Å². The fourth-order valence-electron chi connectivity index (χ4n) is 2.65. The van der Waals surface area contributed by atoms with Crippen LogP contribution >= 0.6 is 11.3 Å². The molecule has 0 radical (unpaired) electrons. The predicted octanol–water partition coefficient (Wildman–Crippen LogP) is 2.15. The van der Waals surface area contributed by atoms with Gasteiger partial charge in [-0.25, -0.2) is 4.98 Å². The first-order valence-electron chi connectivity index (χ1n) is 6.64. The van der Waals surface area contributed by atoms with Crippen LogP contribution in [0.4, 0.5) is 0 Å². The fourth-order valence-corrected chi connectivity index (χ4v) is 3.24. The largest absolute Gasteiger partial charge is 0.314 e. The van der Waals surface area contributed by atoms with E-state index in [1.807, 2.05) is 5.51 Å². The van der Waals surface area contributed by atoms with E-state index in [-0.39, 0.29) is 0 Å². The molecule has 17 heavy (non-hydrogen) atoms. The Hall–Kier alpha value is -0.450. The zero-order valence-corrected chi connectivity index (χ0v) is 11.7. The highest BCUT2D eigenvalue weighted by atomic mass is 32.1. The summed E-state index contributed by atoms with van der Waals surface area (Å²) in [6.07, 6.45) is 3.67. The molecule has 4 heteroatoms. The molecule has 0 bridgehead atoms. The number of nitrogens with one attached hydrogen (secondary N) is 1. The van der Waals surface area contributed by atoms with E-state index in [9.17, 15) is 0 Å². The Morgan fingerprint density at radius 2 is 2.47 bits per heavy atom. The van der Waals surface area contributed by atoms with Crippen molar-refractivity contribution in [1.29, 1.82) is 0 Å². The van der Waals surface area contributed by atoms with Crippen LogP contribution in [0.5, 0.6) is 0 Å². The van der Waals surface area contributed by atoms with E-state index in [1.54, 1.807) is 11.3 Å². The minimum atomic E-state index is 0.700. The molecule has 2 atom stereocenters. The number of likely N-dealkylation sites (tertiary alicyclic amines) is 1. The molecule has 1 fully saturated rings. The van der Waals surface area contributed by atoms with Gasteiger partial charge in [-0.1, -0.05) is 6.92 Å². The lowest BCUT2D eigenvalue weighted by Gasteiger charge is -2.37. The molecule has 1 N–H and O–H groups in total. The van der Waals surface area contributed by atoms with E-state index in [4.69, 9.17) is 0 Å². The summed E-state index contributed by atoms with van der Waals surface area (Å²) >= 11 is 1.69. The molecule has 0 amide bonds. The van der Waals surface area contributed by atoms with Crippen LogP contribution in [0.25, 0.3) is 0 Å². The van der Waals surface area contributed by atoms with Gasteiger partial charge in [0.2, 0.25) is 0 Å². The molecule has 1 saturated heterocycles. The third-order valence-corrected chi connectivity index (χ3v) is 4.28. The highest BCUT2D eigenvalue weighted by molar-refractivity contribution is 7.07. The number of thiazole rings is 1. The smallest absolute Gasteiger partial charge is 0.0794 e. The summed E-state index contributed by atoms with van der Waals surface area (Å²) in [7, 11) is 0. The number of rotatable bonds is 5. The first-order valence-corrected chi connectivity index (χ1v) is 7.58. The van der Waals surface area contributed by atoms with Crippen molar-refractivity contribution in [2.75, 3.05) is 19.6 Å². The van der Waals surface area contributed by atoms with Crippen molar-refractivity contribution in [1.82, 2.24) is 15.2 Å². The molecule has 0 aliphatic carbocycles. The Morgan fingerprint density at radius 3 is 3.12 bits per heavy atom. The zero-order chi connectivity index (χ0) is 12.1. The van der Waals surface area contributed by atoms with E-state index >= 15 is 0 Å². The highest BCUT2D eigenvalue weighted by Crippen LogP contribution is 2.17. The van der Waals surface area contributed by atoms with Crippen molar-refractivity contribution in [3.8, 4) is 0 Å². The van der Waals surface area contributed by atoms with Crippen LogP contribution in [-0.2, 0) is 6.42 Å². The highest BCUT2D eigenvalue weighted by Gasteiger charge is 2.24. The molecule has 2 rings (SSSR count). The van der Waals surface area contributed by atoms with Gasteiger partial charge < -0.3 is 10.2 Å². The lowest BCUT2D eigenvalue weighted by molar-refractivity contribution is 0.138. The lowest BCUT2D eigenvalue weighted by atomic mass is 9.98. The first kappa shape index (κ1) is 13.0. The van der Waals surface area contributed by atoms with Gasteiger partial charge in [0.15, 0.2) is 0 Å². The van der Waals surface area contributed by atoms with Gasteiger partial charge in [0, 0.05) is 30.4 Å². The van der Waals surface area contributed by atoms with Gasteiger partial charge >= 0.3 is 0 Å². The van der Waals surface area contributed by atoms with Gasteiger partial charge in [-0.3, -0.25) is 0 Å². The Bertz CT molecular complexity index is 312. The lowest BCUT2D eigenvalue weighted by Crippen LogP contribution is -2.47. The molecular weight excluding hydrogens is 230 g/mol. The molecule has 2 heterocycles. The SMILES string of the molecule is CCNC1CCN(CCc2cscn2)C(C)C1. The minimum absolute atomic E-state index is 0.700. The van der Waals surface area contributed by atoms with Crippen molar-refractivity contribution in [3.63, 3.8) is 0 Å². The summed E-state index contributed by atoms with van der Waals surface area (Å²) in [6, 6.07) is 1.43. The molecule has 0 saturated carbocycles. The third kappa shape index (κ3) is 3.76. The second-order valence-electron chi connectivity index (χ2n) is 4.89. The van der Waals surface area contributed by atoms with Crippen LogP contribution in [0.15, 0.2) is 10.9 Å². The van der Waals surface area contributed by atoms with E-state index in [0.29, 0.717) is 6.04 Å². The molecule has 0 spiro atoms. The summed E-state index contributed by atoms with van der Waals surface area (Å²) in [4.78, 5) is 6.95. The summed E-state index contributed by atoms with van der Waals surface area (Å²) < 4.78 is 0. The third-order valence-electron chi connectivity index (χ3n) is 3.65. The van der Waals surface area contributed by atoms with E-state index in [2.05, 4.69) is 34.4 Å². The minimum Gasteiger partial charge on any atom is -0.314 e. The summed E-state index contributed by atoms with van der Waals surface area (Å²) in [6.45, 7) is 8.02. The maximum absolute atomic E-state index is 4.35. The quantitative estimate of drug-likeness (QED) is 0.871. The number of aromatic nitrogens is 1. The monoisotopic (exact) mass is 253 g/mol. The maximum atomic E-state index is 4.35. The summed E-state index contributed by atoms with van der Waals surface area (Å²) in [5.74, 6) is 0. The zero-order valence-electron chi connectivity index (χ0n) is 10.9. The van der Waals surface area contributed by atoms with Crippen molar-refractivity contribution in [3.05, 3.63) is 16.6 Å². The Morgan fingerprint density at radius 1 is 1.59 bits per heavy atom. The van der Waals surface area contributed by atoms with Gasteiger partial charge in [-0.15, -0.1) is 11.3 Å². The number of piperidine rings is 1. The molecule has 0 aromatic carbocycles. The molecule has 1 aromatic rings. The predicted molar refractivity (Wildman–Crippen MR) is 73.6 cm³/mol. The van der Waals surface area contributed by atoms with Gasteiger partial charge in [-0.2, -0.15) is 0 Å². The van der Waals surface area contributed by atoms with Crippen LogP contribution in [-0.4, -0.2) is 41.6 Å². The molecule has 96 valence electrons. The Labute approximate surface area is 108 Å². The molecular formula is C13H23N3S. The number of hydrogen-bond acceptors (Lipinski definition) is 4. The van der Waals surface area contributed by atoms with Crippen LogP contribution in [0.3, 0.4) is 0 Å². The number of hydrogen-bond donors (Lipinski definition) is 1. The second kappa shape index (κ2) is 6.47. The average Bonchev–Trinajstić information content (AvgIpc) is 2.81. The fraction of sp³-hybridized carbons (Fsp3) is 0.769. The number of nitrogens with zero attached hydrogens (tertiary/aromatic N) is 2. The van der Waals surface area contributed by atoms with E-state index < -0.39 is 0 Å². The van der Waals surface area contributed by atoms with Gasteiger partial charge in [0.25, 0.3) is 0 Å². The standard InChI is InChI=1S/C13H23N3S/c1-3-14-12-4-6-16(11(2)8-12)7-5-13-9-17-10-15-13/h9-12,14H,3-8H2,1-2H3. The first-order chi connectivity index (χ1) is 8.29. The average molecular weight is 253 g/mol. The van der Waals surface area contributed by atoms with Crippen molar-refractivity contribution in [2.24, 2.45) is 0 Å². The molecule has 3 nitrogen and oxygen atoms in total. The second-order valence-corrected chi connectivity index (χ2v) is 5.61. The molecule has 1 aliphatic heterocycles. The van der Waals surface area contributed by atoms with Gasteiger partial charge in [0.05, 0.1) is 11.2 Å². The topological polar surface area (TPSA) is 28.2 Å².